The van der Waals surface area contributed by atoms with E-state index in [0.29, 0.717) is 28.5 Å². The van der Waals surface area contributed by atoms with Crippen LogP contribution in [0, 0.1) is 27.9 Å². The predicted octanol–water partition coefficient (Wildman–Crippen LogP) is 6.77. The number of hydrogen-bond acceptors (Lipinski definition) is 5. The van der Waals surface area contributed by atoms with Gasteiger partial charge in [-0.25, -0.2) is 0 Å². The minimum Gasteiger partial charge on any atom is -0.319 e. The van der Waals surface area contributed by atoms with Crippen LogP contribution >= 0.6 is 23.4 Å². The van der Waals surface area contributed by atoms with E-state index in [0.717, 1.165) is 29.1 Å². The second kappa shape index (κ2) is 8.68. The predicted molar refractivity (Wildman–Crippen MR) is 135 cm³/mol. The summed E-state index contributed by atoms with van der Waals surface area (Å²) < 4.78 is 1.78. The Kier molecular flexibility index (Phi) is 5.60. The van der Waals surface area contributed by atoms with Crippen molar-refractivity contribution < 1.29 is 9.72 Å². The van der Waals surface area contributed by atoms with Gasteiger partial charge in [-0.2, -0.15) is 5.10 Å². The highest BCUT2D eigenvalue weighted by Gasteiger charge is 2.53. The summed E-state index contributed by atoms with van der Waals surface area (Å²) in [5, 5.41) is 20.0. The lowest BCUT2D eigenvalue weighted by molar-refractivity contribution is -0.385. The highest BCUT2D eigenvalue weighted by Crippen LogP contribution is 2.58. The van der Waals surface area contributed by atoms with E-state index in [9.17, 15) is 14.9 Å². The zero-order valence-corrected chi connectivity index (χ0v) is 20.6. The molecule has 0 saturated heterocycles. The summed E-state index contributed by atoms with van der Waals surface area (Å²) in [4.78, 5) is 26.5. The average Bonchev–Trinajstić information content (AvgIpc) is 3.28. The van der Waals surface area contributed by atoms with Crippen molar-refractivity contribution in [2.24, 2.45) is 17.8 Å². The van der Waals surface area contributed by atoms with Crippen molar-refractivity contribution >= 4 is 40.6 Å². The Balaban J connectivity index is 1.29. The minimum atomic E-state index is -0.565. The fraction of sp³-hybridized carbons (Fsp3) is 0.385. The third kappa shape index (κ3) is 4.23. The molecule has 0 radical (unpaired) electrons. The van der Waals surface area contributed by atoms with Gasteiger partial charge in [0.15, 0.2) is 0 Å². The molecule has 7 rings (SSSR count). The molecule has 2 aromatic carbocycles. The van der Waals surface area contributed by atoms with Crippen LogP contribution in [0.4, 0.5) is 11.4 Å². The van der Waals surface area contributed by atoms with Crippen LogP contribution in [-0.4, -0.2) is 20.6 Å². The van der Waals surface area contributed by atoms with Crippen LogP contribution in [-0.2, 0) is 5.54 Å². The quantitative estimate of drug-likeness (QED) is 0.293. The van der Waals surface area contributed by atoms with Crippen molar-refractivity contribution in [2.75, 3.05) is 5.32 Å². The van der Waals surface area contributed by atoms with Crippen molar-refractivity contribution in [3.63, 3.8) is 0 Å². The normalized spacial score (nSPS) is 26.6. The maximum atomic E-state index is 13.3. The average molecular weight is 509 g/mol. The second-order valence-electron chi connectivity index (χ2n) is 10.2. The largest absolute Gasteiger partial charge is 0.320 e. The Bertz CT molecular complexity index is 1270. The third-order valence-electron chi connectivity index (χ3n) is 7.78. The fourth-order valence-electron chi connectivity index (χ4n) is 6.72. The van der Waals surface area contributed by atoms with Crippen LogP contribution < -0.4 is 5.32 Å². The summed E-state index contributed by atoms with van der Waals surface area (Å²) in [5.74, 6) is 1.43. The number of nitrogens with one attached hydrogen (secondary N) is 1. The van der Waals surface area contributed by atoms with Crippen LogP contribution in [0.2, 0.25) is 5.02 Å². The number of nitrogens with zero attached hydrogens (tertiary/aromatic N) is 3. The number of carbonyl (C=O) groups is 1. The number of nitro groups is 1. The van der Waals surface area contributed by atoms with Crippen LogP contribution in [0.25, 0.3) is 0 Å². The fourth-order valence-corrected chi connectivity index (χ4v) is 7.75. The Hall–Kier alpha value is -2.84. The molecule has 3 aromatic rings. The van der Waals surface area contributed by atoms with E-state index in [2.05, 4.69) is 10.4 Å². The van der Waals surface area contributed by atoms with E-state index in [1.165, 1.54) is 37.2 Å². The first-order valence-corrected chi connectivity index (χ1v) is 13.2. The molecular weight excluding hydrogens is 484 g/mol. The van der Waals surface area contributed by atoms with Gasteiger partial charge in [-0.1, -0.05) is 35.5 Å². The van der Waals surface area contributed by atoms with Gasteiger partial charge in [0.25, 0.3) is 5.91 Å². The zero-order chi connectivity index (χ0) is 24.2. The summed E-state index contributed by atoms with van der Waals surface area (Å²) in [6.07, 6.45) is 8.28. The Labute approximate surface area is 212 Å². The molecule has 0 spiro atoms. The van der Waals surface area contributed by atoms with Crippen molar-refractivity contribution in [1.29, 1.82) is 0 Å². The molecule has 35 heavy (non-hydrogen) atoms. The number of amides is 1. The molecule has 1 heterocycles. The SMILES string of the molecule is O=C(Nc1ccccc1Sc1ccc(Cl)cc1)c1nn(C23CC4CC(CC(C4)C2)C3)cc1[N+](=O)[O-]. The number of halogens is 1. The summed E-state index contributed by atoms with van der Waals surface area (Å²) in [7, 11) is 0. The summed E-state index contributed by atoms with van der Waals surface area (Å²) in [5.41, 5.74) is 0.0228. The van der Waals surface area contributed by atoms with Gasteiger partial charge in [0.05, 0.1) is 16.1 Å². The molecular formula is C26H25ClN4O3S. The molecule has 4 fully saturated rings. The number of anilines is 1. The first-order chi connectivity index (χ1) is 16.9. The molecule has 1 N–H and O–H groups in total. The number of hydrogen-bond donors (Lipinski definition) is 1. The first kappa shape index (κ1) is 22.6. The van der Waals surface area contributed by atoms with E-state index in [4.69, 9.17) is 11.6 Å². The molecule has 4 saturated carbocycles. The van der Waals surface area contributed by atoms with Gasteiger partial charge in [-0.15, -0.1) is 0 Å². The van der Waals surface area contributed by atoms with Gasteiger partial charge >= 0.3 is 5.69 Å². The van der Waals surface area contributed by atoms with Crippen molar-refractivity contribution in [2.45, 2.75) is 53.9 Å². The lowest BCUT2D eigenvalue weighted by Crippen LogP contribution is -2.52. The molecule has 9 heteroatoms. The van der Waals surface area contributed by atoms with Crippen LogP contribution in [0.1, 0.15) is 49.0 Å². The molecule has 0 unspecified atom stereocenters. The number of rotatable bonds is 6. The number of aromatic nitrogens is 2. The van der Waals surface area contributed by atoms with Crippen LogP contribution in [0.3, 0.4) is 0 Å². The molecule has 1 amide bonds. The topological polar surface area (TPSA) is 90.1 Å². The highest BCUT2D eigenvalue weighted by molar-refractivity contribution is 7.99. The van der Waals surface area contributed by atoms with Crippen molar-refractivity contribution in [1.82, 2.24) is 9.78 Å². The summed E-state index contributed by atoms with van der Waals surface area (Å²) >= 11 is 7.47. The number of benzene rings is 2. The van der Waals surface area contributed by atoms with E-state index in [1.807, 2.05) is 42.5 Å². The first-order valence-electron chi connectivity index (χ1n) is 12.0. The van der Waals surface area contributed by atoms with Gasteiger partial charge in [0.1, 0.15) is 6.20 Å². The van der Waals surface area contributed by atoms with E-state index in [-0.39, 0.29) is 16.9 Å². The van der Waals surface area contributed by atoms with Gasteiger partial charge in [0, 0.05) is 14.8 Å². The maximum absolute atomic E-state index is 13.3. The van der Waals surface area contributed by atoms with E-state index in [1.54, 1.807) is 10.7 Å². The third-order valence-corrected chi connectivity index (χ3v) is 9.11. The molecule has 4 aliphatic rings. The summed E-state index contributed by atoms with van der Waals surface area (Å²) in [6, 6.07) is 14.8. The highest BCUT2D eigenvalue weighted by atomic mass is 35.5. The Morgan fingerprint density at radius 2 is 1.69 bits per heavy atom. The zero-order valence-electron chi connectivity index (χ0n) is 19.0. The van der Waals surface area contributed by atoms with Gasteiger partial charge < -0.3 is 5.32 Å². The van der Waals surface area contributed by atoms with Crippen LogP contribution in [0.15, 0.2) is 64.5 Å². The number of carbonyl (C=O) groups excluding carboxylic acids is 1. The molecule has 0 aliphatic heterocycles. The van der Waals surface area contributed by atoms with Crippen molar-refractivity contribution in [3.8, 4) is 0 Å². The Morgan fingerprint density at radius 1 is 1.06 bits per heavy atom. The molecule has 7 nitrogen and oxygen atoms in total. The number of para-hydroxylation sites is 1. The second-order valence-corrected chi connectivity index (χ2v) is 11.8. The van der Waals surface area contributed by atoms with E-state index < -0.39 is 10.8 Å². The molecule has 4 bridgehead atoms. The minimum absolute atomic E-state index is 0.128. The van der Waals surface area contributed by atoms with Crippen molar-refractivity contribution in [3.05, 3.63) is 75.6 Å². The maximum Gasteiger partial charge on any atom is 0.320 e. The lowest BCUT2D eigenvalue weighted by Gasteiger charge is -2.56. The van der Waals surface area contributed by atoms with Crippen LogP contribution in [0.5, 0.6) is 0 Å². The lowest BCUT2D eigenvalue weighted by atomic mass is 9.53. The molecule has 1 aromatic heterocycles. The Morgan fingerprint density at radius 3 is 2.31 bits per heavy atom. The van der Waals surface area contributed by atoms with E-state index >= 15 is 0 Å². The molecule has 0 atom stereocenters. The smallest absolute Gasteiger partial charge is 0.319 e. The molecule has 4 aliphatic carbocycles. The van der Waals surface area contributed by atoms with Gasteiger partial charge in [-0.3, -0.25) is 19.6 Å². The van der Waals surface area contributed by atoms with Gasteiger partial charge in [0.2, 0.25) is 5.69 Å². The summed E-state index contributed by atoms with van der Waals surface area (Å²) in [6.45, 7) is 0. The molecule has 180 valence electrons. The van der Waals surface area contributed by atoms with Gasteiger partial charge in [-0.05, 0) is 92.7 Å². The standard InChI is InChI=1S/C26H25ClN4O3S/c27-19-5-7-20(8-6-19)35-23-4-2-1-3-21(23)28-25(32)24-22(31(33)34)15-30(29-24)26-12-16-9-17(13-26)11-18(10-16)14-26/h1-8,15-18H,9-14H2,(H,28,32). The monoisotopic (exact) mass is 508 g/mol.